The van der Waals surface area contributed by atoms with Crippen LogP contribution >= 0.6 is 0 Å². The minimum Gasteiger partial charge on any atom is -0.253 e. The maximum Gasteiger partial charge on any atom is 0.0718 e. The average Bonchev–Trinajstić information content (AvgIpc) is 2.54. The summed E-state index contributed by atoms with van der Waals surface area (Å²) in [5.41, 5.74) is 7.15. The summed E-state index contributed by atoms with van der Waals surface area (Å²) in [6.07, 6.45) is 1.87. The highest BCUT2D eigenvalue weighted by atomic mass is 14.7. The topological polar surface area (TPSA) is 25.8 Å². The van der Waals surface area contributed by atoms with E-state index in [1.807, 2.05) is 62.4 Å². The van der Waals surface area contributed by atoms with Crippen molar-refractivity contribution in [1.29, 1.82) is 0 Å². The molecule has 0 saturated heterocycles. The van der Waals surface area contributed by atoms with Crippen LogP contribution in [-0.4, -0.2) is 9.97 Å². The van der Waals surface area contributed by atoms with Crippen molar-refractivity contribution < 1.29 is 0 Å². The van der Waals surface area contributed by atoms with E-state index in [4.69, 9.17) is 0 Å². The average molecular weight is 286 g/mol. The predicted molar refractivity (Wildman–Crippen MR) is 92.5 cm³/mol. The van der Waals surface area contributed by atoms with E-state index < -0.39 is 0 Å². The van der Waals surface area contributed by atoms with Gasteiger partial charge in [0.1, 0.15) is 0 Å². The zero-order chi connectivity index (χ0) is 15.5. The highest BCUT2D eigenvalue weighted by molar-refractivity contribution is 5.86. The van der Waals surface area contributed by atoms with Crippen LogP contribution in [0.25, 0.3) is 28.6 Å². The normalized spacial score (nSPS) is 10.5. The summed E-state index contributed by atoms with van der Waals surface area (Å²) < 4.78 is 0. The Morgan fingerprint density at radius 1 is 0.773 bits per heavy atom. The summed E-state index contributed by atoms with van der Waals surface area (Å²) in [5.74, 6) is 0. The molecule has 0 radical (unpaired) electrons. The van der Waals surface area contributed by atoms with Gasteiger partial charge in [0.2, 0.25) is 0 Å². The molecule has 2 nitrogen and oxygen atoms in total. The molecule has 3 aromatic rings. The maximum atomic E-state index is 4.69. The third-order valence-corrected chi connectivity index (χ3v) is 3.63. The Morgan fingerprint density at radius 3 is 2.00 bits per heavy atom. The van der Waals surface area contributed by atoms with E-state index in [2.05, 4.69) is 28.7 Å². The number of hydrogen-bond donors (Lipinski definition) is 0. The number of hydrogen-bond acceptors (Lipinski definition) is 2. The lowest BCUT2D eigenvalue weighted by Crippen LogP contribution is -1.95. The van der Waals surface area contributed by atoms with Crippen molar-refractivity contribution in [2.75, 3.05) is 0 Å². The molecule has 0 spiro atoms. The van der Waals surface area contributed by atoms with Gasteiger partial charge >= 0.3 is 0 Å². The number of rotatable bonds is 3. The van der Waals surface area contributed by atoms with Gasteiger partial charge in [-0.15, -0.1) is 0 Å². The first-order chi connectivity index (χ1) is 10.7. The fourth-order valence-electron chi connectivity index (χ4n) is 2.61. The second-order valence-electron chi connectivity index (χ2n) is 5.30. The third kappa shape index (κ3) is 2.68. The number of aromatic nitrogens is 2. The Labute approximate surface area is 131 Å². The molecule has 0 fully saturated rings. The smallest absolute Gasteiger partial charge is 0.0718 e. The van der Waals surface area contributed by atoms with Gasteiger partial charge in [0, 0.05) is 22.5 Å². The van der Waals surface area contributed by atoms with Gasteiger partial charge in [-0.2, -0.15) is 0 Å². The van der Waals surface area contributed by atoms with Crippen LogP contribution in [0.5, 0.6) is 0 Å². The molecule has 0 aliphatic carbocycles. The first-order valence-electron chi connectivity index (χ1n) is 7.32. The molecule has 1 aromatic carbocycles. The van der Waals surface area contributed by atoms with Crippen LogP contribution in [0.4, 0.5) is 0 Å². The molecule has 0 amide bonds. The quantitative estimate of drug-likeness (QED) is 0.671. The van der Waals surface area contributed by atoms with E-state index in [1.54, 1.807) is 0 Å². The summed E-state index contributed by atoms with van der Waals surface area (Å²) in [4.78, 5) is 9.35. The third-order valence-electron chi connectivity index (χ3n) is 3.63. The Morgan fingerprint density at radius 2 is 1.36 bits per heavy atom. The molecule has 0 N–H and O–H groups in total. The van der Waals surface area contributed by atoms with Gasteiger partial charge in [-0.3, -0.25) is 9.97 Å². The molecule has 2 heterocycles. The zero-order valence-electron chi connectivity index (χ0n) is 12.9. The van der Waals surface area contributed by atoms with Crippen LogP contribution in [0.2, 0.25) is 0 Å². The summed E-state index contributed by atoms with van der Waals surface area (Å²) in [5, 5.41) is 0. The Balaban J connectivity index is 2.30. The highest BCUT2D eigenvalue weighted by Crippen LogP contribution is 2.33. The fourth-order valence-corrected chi connectivity index (χ4v) is 2.61. The van der Waals surface area contributed by atoms with Crippen LogP contribution in [-0.2, 0) is 0 Å². The van der Waals surface area contributed by atoms with Crippen molar-refractivity contribution in [3.8, 4) is 22.5 Å². The molecular formula is C20H18N2. The monoisotopic (exact) mass is 286 g/mol. The summed E-state index contributed by atoms with van der Waals surface area (Å²) in [6, 6.07) is 18.3. The second kappa shape index (κ2) is 5.94. The molecule has 0 unspecified atom stereocenters. The lowest BCUT2D eigenvalue weighted by molar-refractivity contribution is 1.19. The van der Waals surface area contributed by atoms with Crippen molar-refractivity contribution in [2.24, 2.45) is 0 Å². The van der Waals surface area contributed by atoms with Crippen LogP contribution in [0.1, 0.15) is 17.0 Å². The van der Waals surface area contributed by atoms with Crippen molar-refractivity contribution >= 4 is 6.08 Å². The van der Waals surface area contributed by atoms with Crippen molar-refractivity contribution in [3.05, 3.63) is 78.1 Å². The van der Waals surface area contributed by atoms with E-state index in [-0.39, 0.29) is 0 Å². The Bertz CT molecular complexity index is 835. The molecule has 0 saturated carbocycles. The number of nitrogens with zero attached hydrogens (tertiary/aromatic N) is 2. The summed E-state index contributed by atoms with van der Waals surface area (Å²) in [6.45, 7) is 7.95. The highest BCUT2D eigenvalue weighted by Gasteiger charge is 2.13. The van der Waals surface area contributed by atoms with Gasteiger partial charge in [-0.1, -0.05) is 43.0 Å². The number of aryl methyl sites for hydroxylation is 2. The minimum absolute atomic E-state index is 0.953. The SMILES string of the molecule is C=Cc1cccc(-c2cccc(C)n2)c1-c1cccc(C)n1. The molecule has 3 rings (SSSR count). The fraction of sp³-hybridized carbons (Fsp3) is 0.100. The first kappa shape index (κ1) is 14.2. The van der Waals surface area contributed by atoms with Gasteiger partial charge in [-0.25, -0.2) is 0 Å². The molecule has 2 heteroatoms. The van der Waals surface area contributed by atoms with Crippen LogP contribution in [0, 0.1) is 13.8 Å². The van der Waals surface area contributed by atoms with Crippen LogP contribution in [0.3, 0.4) is 0 Å². The molecular weight excluding hydrogens is 268 g/mol. The lowest BCUT2D eigenvalue weighted by Gasteiger charge is -2.13. The number of benzene rings is 1. The molecule has 0 atom stereocenters. The molecule has 0 aliphatic rings. The standard InChI is InChI=1S/C20H18N2/c1-4-16-10-7-11-17(18-12-5-8-14(2)21-18)20(16)19-13-6-9-15(3)22-19/h4-13H,1H2,2-3H3. The molecule has 2 aromatic heterocycles. The van der Waals surface area contributed by atoms with Crippen molar-refractivity contribution in [3.63, 3.8) is 0 Å². The van der Waals surface area contributed by atoms with Crippen LogP contribution in [0.15, 0.2) is 61.2 Å². The molecule has 0 aliphatic heterocycles. The van der Waals surface area contributed by atoms with Gasteiger partial charge in [0.25, 0.3) is 0 Å². The van der Waals surface area contributed by atoms with E-state index in [9.17, 15) is 0 Å². The van der Waals surface area contributed by atoms with E-state index >= 15 is 0 Å². The van der Waals surface area contributed by atoms with Gasteiger partial charge in [0.05, 0.1) is 11.4 Å². The van der Waals surface area contributed by atoms with Crippen molar-refractivity contribution in [2.45, 2.75) is 13.8 Å². The van der Waals surface area contributed by atoms with Gasteiger partial charge in [-0.05, 0) is 43.7 Å². The molecule has 0 bridgehead atoms. The van der Waals surface area contributed by atoms with E-state index in [1.165, 1.54) is 0 Å². The largest absolute Gasteiger partial charge is 0.253 e. The van der Waals surface area contributed by atoms with Gasteiger partial charge < -0.3 is 0 Å². The Kier molecular flexibility index (Phi) is 3.84. The van der Waals surface area contributed by atoms with E-state index in [0.717, 1.165) is 39.5 Å². The maximum absolute atomic E-state index is 4.69. The molecule has 22 heavy (non-hydrogen) atoms. The second-order valence-corrected chi connectivity index (χ2v) is 5.30. The predicted octanol–water partition coefficient (Wildman–Crippen LogP) is 5.07. The summed E-state index contributed by atoms with van der Waals surface area (Å²) in [7, 11) is 0. The van der Waals surface area contributed by atoms with Crippen molar-refractivity contribution in [1.82, 2.24) is 9.97 Å². The lowest BCUT2D eigenvalue weighted by atomic mass is 9.95. The number of pyridine rings is 2. The Hall–Kier alpha value is -2.74. The molecule has 108 valence electrons. The summed E-state index contributed by atoms with van der Waals surface area (Å²) >= 11 is 0. The first-order valence-corrected chi connectivity index (χ1v) is 7.32. The van der Waals surface area contributed by atoms with Gasteiger partial charge in [0.15, 0.2) is 0 Å². The van der Waals surface area contributed by atoms with Crippen LogP contribution < -0.4 is 0 Å². The zero-order valence-corrected chi connectivity index (χ0v) is 12.9. The minimum atomic E-state index is 0.953. The van der Waals surface area contributed by atoms with E-state index in [0.29, 0.717) is 0 Å².